The van der Waals surface area contributed by atoms with Crippen LogP contribution in [-0.2, 0) is 51.3 Å². The first-order valence-electron chi connectivity index (χ1n) is 14.2. The second-order valence-corrected chi connectivity index (χ2v) is 14.0. The van der Waals surface area contributed by atoms with E-state index in [9.17, 15) is 33.5 Å². The first-order chi connectivity index (χ1) is 19.4. The summed E-state index contributed by atoms with van der Waals surface area (Å²) in [6.45, 7) is 3.14. The Morgan fingerprint density at radius 2 is 1.02 bits per heavy atom. The highest BCUT2D eigenvalue weighted by atomic mass is 31.2. The van der Waals surface area contributed by atoms with Crippen molar-refractivity contribution in [2.24, 2.45) is 5.73 Å². The van der Waals surface area contributed by atoms with Crippen LogP contribution in [0.15, 0.2) is 0 Å². The fraction of sp³-hybridized carbons (Fsp3) is 0.880. The third-order valence-electron chi connectivity index (χ3n) is 5.78. The Balaban J connectivity index is 5.64. The van der Waals surface area contributed by atoms with Crippen molar-refractivity contribution in [1.82, 2.24) is 0 Å². The van der Waals surface area contributed by atoms with Gasteiger partial charge >= 0.3 is 33.1 Å². The number of unbranched alkanes of at least 4 members (excludes halogenated alkanes) is 6. The van der Waals surface area contributed by atoms with Gasteiger partial charge in [-0.15, -0.1) is 0 Å². The van der Waals surface area contributed by atoms with Crippen LogP contribution >= 0.6 is 15.2 Å². The summed E-state index contributed by atoms with van der Waals surface area (Å²) in [5.74, 6) is -1.97. The molecule has 0 saturated heterocycles. The maximum Gasteiger partial charge on any atom is 0.351 e. The summed E-state index contributed by atoms with van der Waals surface area (Å²) < 4.78 is 57.2. The van der Waals surface area contributed by atoms with Crippen molar-refractivity contribution in [1.29, 1.82) is 0 Å². The fourth-order valence-corrected chi connectivity index (χ4v) is 7.55. The number of nitrogens with two attached hydrogens (primary N) is 1. The molecule has 0 aromatic rings. The summed E-state index contributed by atoms with van der Waals surface area (Å²) >= 11 is 0. The number of rotatable bonds is 26. The Morgan fingerprint density at radius 3 is 1.37 bits per heavy atom. The van der Waals surface area contributed by atoms with E-state index in [0.29, 0.717) is 19.3 Å². The lowest BCUT2D eigenvalue weighted by molar-refractivity contribution is -0.153. The van der Waals surface area contributed by atoms with Crippen molar-refractivity contribution in [3.05, 3.63) is 0 Å². The standard InChI is InChI=1S/C25H49NO13P2/c1-4-7-10-13-22(28)34-18-37-40(31,32)25(17-16-21(26)27)41(33,38-19-35-23(29)14-11-8-5-2)39-20-36-24(30)15-12-9-6-3/h21,25,27H,4-20,26H2,1-3H3,(H,31,32). The Labute approximate surface area is 243 Å². The molecule has 0 aliphatic carbocycles. The molecule has 0 saturated carbocycles. The minimum atomic E-state index is -4.98. The molecular formula is C25H49NO13P2. The van der Waals surface area contributed by atoms with E-state index >= 15 is 0 Å². The van der Waals surface area contributed by atoms with Crippen LogP contribution in [0.25, 0.3) is 0 Å². The molecule has 0 radical (unpaired) electrons. The molecule has 16 heteroatoms. The number of ether oxygens (including phenoxy) is 3. The Bertz CT molecular complexity index is 808. The molecule has 0 bridgehead atoms. The van der Waals surface area contributed by atoms with Crippen molar-refractivity contribution in [2.45, 2.75) is 122 Å². The van der Waals surface area contributed by atoms with Crippen LogP contribution in [0, 0.1) is 0 Å². The van der Waals surface area contributed by atoms with Gasteiger partial charge in [0.15, 0.2) is 5.40 Å². The van der Waals surface area contributed by atoms with Crippen LogP contribution in [0.4, 0.5) is 0 Å². The summed E-state index contributed by atoms with van der Waals surface area (Å²) in [6.07, 6.45) is 4.60. The highest BCUT2D eigenvalue weighted by molar-refractivity contribution is 7.72. The monoisotopic (exact) mass is 633 g/mol. The van der Waals surface area contributed by atoms with Crippen LogP contribution in [0.1, 0.15) is 111 Å². The lowest BCUT2D eigenvalue weighted by atomic mass is 10.2. The van der Waals surface area contributed by atoms with Crippen LogP contribution < -0.4 is 5.73 Å². The Morgan fingerprint density at radius 1 is 0.659 bits per heavy atom. The molecule has 0 aliphatic heterocycles. The van der Waals surface area contributed by atoms with Gasteiger partial charge in [0.1, 0.15) is 6.23 Å². The Hall–Kier alpha value is -1.37. The van der Waals surface area contributed by atoms with E-state index in [1.807, 2.05) is 20.8 Å². The lowest BCUT2D eigenvalue weighted by Gasteiger charge is -2.29. The zero-order chi connectivity index (χ0) is 31.2. The van der Waals surface area contributed by atoms with E-state index < -0.39 is 71.5 Å². The second kappa shape index (κ2) is 23.1. The summed E-state index contributed by atoms with van der Waals surface area (Å²) in [4.78, 5) is 46.6. The molecule has 0 amide bonds. The molecule has 0 heterocycles. The molecule has 41 heavy (non-hydrogen) atoms. The smallest absolute Gasteiger partial charge is 0.351 e. The maximum absolute atomic E-state index is 13.9. The zero-order valence-electron chi connectivity index (χ0n) is 24.5. The molecule has 0 aromatic heterocycles. The van der Waals surface area contributed by atoms with E-state index in [2.05, 4.69) is 0 Å². The summed E-state index contributed by atoms with van der Waals surface area (Å²) in [5, 5.41) is 7.61. The molecule has 4 N–H and O–H groups in total. The van der Waals surface area contributed by atoms with E-state index in [1.165, 1.54) is 0 Å². The molecule has 0 fully saturated rings. The van der Waals surface area contributed by atoms with E-state index in [0.717, 1.165) is 38.5 Å². The predicted octanol–water partition coefficient (Wildman–Crippen LogP) is 5.04. The average molecular weight is 634 g/mol. The van der Waals surface area contributed by atoms with Gasteiger partial charge in [-0.1, -0.05) is 59.3 Å². The van der Waals surface area contributed by atoms with Gasteiger partial charge in [0.2, 0.25) is 20.4 Å². The molecular weight excluding hydrogens is 584 g/mol. The minimum Gasteiger partial charge on any atom is -0.438 e. The number of esters is 3. The third kappa shape index (κ3) is 19.4. The van der Waals surface area contributed by atoms with E-state index in [-0.39, 0.29) is 25.7 Å². The van der Waals surface area contributed by atoms with Crippen molar-refractivity contribution in [3.63, 3.8) is 0 Å². The fourth-order valence-electron chi connectivity index (χ4n) is 3.39. The van der Waals surface area contributed by atoms with Gasteiger partial charge in [0.05, 0.1) is 0 Å². The van der Waals surface area contributed by atoms with Crippen LogP contribution in [0.2, 0.25) is 0 Å². The van der Waals surface area contributed by atoms with Crippen molar-refractivity contribution in [3.8, 4) is 0 Å². The second-order valence-electron chi connectivity index (χ2n) is 9.39. The SMILES string of the molecule is CCCCCC(=O)OCOP(=O)(O)C(CCC(N)O)P(=O)(OCOC(=O)CCCCC)OCOC(=O)CCCCC. The average Bonchev–Trinajstić information content (AvgIpc) is 2.89. The third-order valence-corrected chi connectivity index (χ3v) is 10.9. The Kier molecular flexibility index (Phi) is 22.4. The van der Waals surface area contributed by atoms with Gasteiger partial charge in [-0.2, -0.15) is 0 Å². The number of carbonyl (C=O) groups excluding carboxylic acids is 3. The van der Waals surface area contributed by atoms with Gasteiger partial charge in [0.25, 0.3) is 0 Å². The number of aliphatic hydroxyl groups excluding tert-OH is 1. The molecule has 3 unspecified atom stereocenters. The first kappa shape index (κ1) is 39.6. The van der Waals surface area contributed by atoms with E-state index in [4.69, 9.17) is 33.5 Å². The molecule has 3 atom stereocenters. The van der Waals surface area contributed by atoms with Gasteiger partial charge in [-0.3, -0.25) is 37.1 Å². The molecule has 242 valence electrons. The highest BCUT2D eigenvalue weighted by Crippen LogP contribution is 2.69. The molecule has 0 aromatic carbocycles. The van der Waals surface area contributed by atoms with Gasteiger partial charge in [0, 0.05) is 19.3 Å². The van der Waals surface area contributed by atoms with Crippen molar-refractivity contribution in [2.75, 3.05) is 20.4 Å². The first-order valence-corrected chi connectivity index (χ1v) is 17.4. The van der Waals surface area contributed by atoms with Crippen LogP contribution in [-0.4, -0.2) is 59.9 Å². The largest absolute Gasteiger partial charge is 0.438 e. The quantitative estimate of drug-likeness (QED) is 0.0375. The number of hydrogen-bond acceptors (Lipinski definition) is 13. The lowest BCUT2D eigenvalue weighted by Crippen LogP contribution is -2.24. The molecule has 0 aliphatic rings. The van der Waals surface area contributed by atoms with Gasteiger partial charge in [-0.25, -0.2) is 0 Å². The van der Waals surface area contributed by atoms with E-state index in [1.54, 1.807) is 0 Å². The molecule has 0 spiro atoms. The van der Waals surface area contributed by atoms with Crippen molar-refractivity contribution < 1.29 is 61.3 Å². The number of hydrogen-bond donors (Lipinski definition) is 3. The molecule has 14 nitrogen and oxygen atoms in total. The number of carbonyl (C=O) groups is 3. The normalized spacial score (nSPS) is 14.6. The highest BCUT2D eigenvalue weighted by Gasteiger charge is 2.50. The predicted molar refractivity (Wildman–Crippen MR) is 149 cm³/mol. The summed E-state index contributed by atoms with van der Waals surface area (Å²) in [6, 6.07) is 0. The van der Waals surface area contributed by atoms with Crippen LogP contribution in [0.5, 0.6) is 0 Å². The summed E-state index contributed by atoms with van der Waals surface area (Å²) in [7, 11) is -9.75. The maximum atomic E-state index is 13.9. The molecule has 0 rings (SSSR count). The van der Waals surface area contributed by atoms with Gasteiger partial charge in [-0.05, 0) is 32.1 Å². The summed E-state index contributed by atoms with van der Waals surface area (Å²) in [5.41, 5.74) is 5.38. The zero-order valence-corrected chi connectivity index (χ0v) is 26.3. The number of aliphatic hydroxyl groups is 1. The van der Waals surface area contributed by atoms with Crippen molar-refractivity contribution >= 4 is 33.1 Å². The minimum absolute atomic E-state index is 0.0752. The van der Waals surface area contributed by atoms with Crippen LogP contribution in [0.3, 0.4) is 0 Å². The topological polar surface area (TPSA) is 207 Å². The van der Waals surface area contributed by atoms with Gasteiger partial charge < -0.3 is 29.9 Å².